The zero-order valence-corrected chi connectivity index (χ0v) is 25.2. The number of hydrogen-bond donors (Lipinski definition) is 7. The molecule has 2 aromatic rings. The summed E-state index contributed by atoms with van der Waals surface area (Å²) in [6.45, 7) is 6.09. The fraction of sp³-hybridized carbons (Fsp3) is 0.429. The van der Waals surface area contributed by atoms with Crippen molar-refractivity contribution in [2.45, 2.75) is 57.1 Å². The predicted molar refractivity (Wildman–Crippen MR) is 152 cm³/mol. The van der Waals surface area contributed by atoms with E-state index in [2.05, 4.69) is 14.9 Å². The number of nitrogens with one attached hydrogen (secondary N) is 2. The number of ketones is 2. The second-order valence-electron chi connectivity index (χ2n) is 12.3. The van der Waals surface area contributed by atoms with Crippen molar-refractivity contribution in [3.05, 3.63) is 51.6 Å². The van der Waals surface area contributed by atoms with Crippen LogP contribution in [0, 0.1) is 24.7 Å². The number of sulfonamides is 1. The summed E-state index contributed by atoms with van der Waals surface area (Å²) in [4.78, 5) is 41.3. The summed E-state index contributed by atoms with van der Waals surface area (Å²) >= 11 is 0. The Kier molecular flexibility index (Phi) is 6.43. The van der Waals surface area contributed by atoms with E-state index < -0.39 is 72.8 Å². The van der Waals surface area contributed by atoms with Crippen molar-refractivity contribution in [1.29, 1.82) is 0 Å². The number of aromatic hydroxyl groups is 1. The first-order valence-electron chi connectivity index (χ1n) is 13.3. The topological polar surface area (TPSA) is 236 Å². The Hall–Kier alpha value is -4.21. The van der Waals surface area contributed by atoms with Gasteiger partial charge < -0.3 is 26.2 Å². The van der Waals surface area contributed by atoms with Gasteiger partial charge in [0.2, 0.25) is 5.78 Å². The van der Waals surface area contributed by atoms with Crippen molar-refractivity contribution < 1.29 is 43.2 Å². The molecule has 1 heterocycles. The summed E-state index contributed by atoms with van der Waals surface area (Å²) in [5, 5.41) is 52.5. The van der Waals surface area contributed by atoms with Crippen molar-refractivity contribution in [2.24, 2.45) is 16.6 Å². The summed E-state index contributed by atoms with van der Waals surface area (Å²) in [5.41, 5.74) is -1.39. The number of primary amides is 1. The van der Waals surface area contributed by atoms with Crippen LogP contribution in [0.15, 0.2) is 33.9 Å². The first-order chi connectivity index (χ1) is 19.7. The molecule has 0 radical (unpaired) electrons. The molecule has 1 saturated carbocycles. The van der Waals surface area contributed by atoms with Crippen molar-refractivity contribution in [2.75, 3.05) is 18.8 Å². The van der Waals surface area contributed by atoms with Gasteiger partial charge in [0.15, 0.2) is 17.1 Å². The second-order valence-corrected chi connectivity index (χ2v) is 13.9. The Morgan fingerprint density at radius 2 is 1.79 bits per heavy atom. The number of fused-ring (bicyclic) bond motifs is 3. The number of Topliss-reactive ketones (excluding diaryl/α,β-unsaturated/α-hetero) is 2. The number of rotatable bonds is 5. The fourth-order valence-electron chi connectivity index (χ4n) is 7.53. The lowest BCUT2D eigenvalue weighted by molar-refractivity contribution is -0.176. The molecule has 230 valence electrons. The molecule has 1 aromatic carbocycles. The van der Waals surface area contributed by atoms with Crippen molar-refractivity contribution in [3.63, 3.8) is 0 Å². The van der Waals surface area contributed by atoms with E-state index >= 15 is 0 Å². The first-order valence-corrected chi connectivity index (χ1v) is 14.8. The van der Waals surface area contributed by atoms with Crippen LogP contribution in [0.25, 0.3) is 5.76 Å². The highest BCUT2D eigenvalue weighted by Crippen LogP contribution is 2.63. The lowest BCUT2D eigenvalue weighted by Gasteiger charge is -2.59. The number of amides is 1. The summed E-state index contributed by atoms with van der Waals surface area (Å²) in [5.74, 6) is -6.01. The van der Waals surface area contributed by atoms with Gasteiger partial charge in [0.25, 0.3) is 15.9 Å². The molecule has 5 rings (SSSR count). The number of carbonyl (C=O) groups is 3. The minimum Gasteiger partial charge on any atom is -0.508 e. The maximum atomic E-state index is 14.3. The number of anilines is 1. The van der Waals surface area contributed by atoms with Crippen LogP contribution in [-0.2, 0) is 30.8 Å². The number of carbonyl (C=O) groups excluding carboxylic acids is 3. The van der Waals surface area contributed by atoms with Gasteiger partial charge in [-0.3, -0.25) is 29.1 Å². The molecule has 4 atom stereocenters. The highest BCUT2D eigenvalue weighted by Gasteiger charge is 2.72. The van der Waals surface area contributed by atoms with Gasteiger partial charge in [0, 0.05) is 16.4 Å². The van der Waals surface area contributed by atoms with E-state index in [4.69, 9.17) is 5.73 Å². The summed E-state index contributed by atoms with van der Waals surface area (Å²) < 4.78 is 28.6. The van der Waals surface area contributed by atoms with Gasteiger partial charge in [-0.25, -0.2) is 8.42 Å². The molecule has 0 saturated heterocycles. The largest absolute Gasteiger partial charge is 0.508 e. The average molecular weight is 616 g/mol. The molecule has 0 aliphatic heterocycles. The average Bonchev–Trinajstić information content (AvgIpc) is 3.21. The molecule has 15 heteroatoms. The number of aliphatic hydroxyl groups excluding tert-OH is 2. The highest BCUT2D eigenvalue weighted by atomic mass is 32.2. The molecular weight excluding hydrogens is 582 g/mol. The van der Waals surface area contributed by atoms with Crippen LogP contribution in [0.3, 0.4) is 0 Å². The molecule has 3 aliphatic rings. The zero-order chi connectivity index (χ0) is 32.2. The Labute approximate surface area is 246 Å². The fourth-order valence-corrected chi connectivity index (χ4v) is 8.97. The number of aromatic nitrogens is 2. The third kappa shape index (κ3) is 3.81. The number of likely N-dealkylation sites (N-methyl/N-ethyl adjacent to an activating group) is 1. The number of aromatic amines is 1. The van der Waals surface area contributed by atoms with Crippen LogP contribution in [0.1, 0.15) is 42.8 Å². The van der Waals surface area contributed by atoms with Crippen LogP contribution < -0.4 is 10.5 Å². The lowest BCUT2D eigenvalue weighted by atomic mass is 9.46. The summed E-state index contributed by atoms with van der Waals surface area (Å²) in [7, 11) is -1.20. The molecule has 0 spiro atoms. The Balaban J connectivity index is 1.71. The number of aliphatic hydroxyl groups is 3. The quantitative estimate of drug-likeness (QED) is 0.184. The monoisotopic (exact) mass is 615 g/mol. The number of aryl methyl sites for hydroxylation is 2. The molecule has 8 N–H and O–H groups in total. The minimum atomic E-state index is -4.25. The molecule has 1 amide bonds. The van der Waals surface area contributed by atoms with Crippen molar-refractivity contribution in [1.82, 2.24) is 15.1 Å². The maximum Gasteiger partial charge on any atom is 0.265 e. The van der Waals surface area contributed by atoms with Crippen LogP contribution in [0.5, 0.6) is 5.75 Å². The van der Waals surface area contributed by atoms with E-state index in [9.17, 15) is 43.2 Å². The van der Waals surface area contributed by atoms with E-state index in [-0.39, 0.29) is 45.9 Å². The maximum absolute atomic E-state index is 14.3. The van der Waals surface area contributed by atoms with Gasteiger partial charge in [-0.05, 0) is 52.4 Å². The normalized spacial score (nSPS) is 29.0. The number of nitrogens with zero attached hydrogens (tertiary/aromatic N) is 2. The molecule has 14 nitrogen and oxygen atoms in total. The molecule has 0 bridgehead atoms. The Morgan fingerprint density at radius 1 is 1.16 bits per heavy atom. The van der Waals surface area contributed by atoms with Gasteiger partial charge in [-0.15, -0.1) is 0 Å². The SMILES string of the molecule is Cc1n[nH]c(C)c1S(=O)(=O)Nc1ccc2c(c1O)C(O)=C1C(=O)[C@]3(O)C(O)=C(C(N)=O)C(=O)[C@@H](N(C)C)[C@]3(C)C[C@]1(C)C2. The van der Waals surface area contributed by atoms with Crippen LogP contribution in [-0.4, -0.2) is 87.2 Å². The lowest BCUT2D eigenvalue weighted by Crippen LogP contribution is -2.72. The standard InChI is InChI=1S/C28H33N5O9S/c1-11-21(12(2)31-30-11)43(41,42)32-14-8-7-13-9-26(3)10-27(4)22(33(5)6)20(36)16(25(29)39)23(37)28(27,40)24(38)17(26)19(35)15(13)18(14)34/h7-8,22,32,34-35,37,40H,9-10H2,1-6H3,(H2,29,39)(H,30,31)/t22-,26+,27+,28-/m1/s1. The molecule has 43 heavy (non-hydrogen) atoms. The van der Waals surface area contributed by atoms with Gasteiger partial charge in [0.05, 0.1) is 28.7 Å². The number of H-pyrrole nitrogens is 1. The molecular formula is C28H33N5O9S. The number of phenols is 1. The van der Waals surface area contributed by atoms with Crippen LogP contribution >= 0.6 is 0 Å². The van der Waals surface area contributed by atoms with E-state index in [0.29, 0.717) is 5.56 Å². The minimum absolute atomic E-state index is 0.0289. The second kappa shape index (κ2) is 9.14. The summed E-state index contributed by atoms with van der Waals surface area (Å²) in [6.07, 6.45) is -0.0961. The Bertz CT molecular complexity index is 1810. The number of nitrogens with two attached hydrogens (primary N) is 1. The molecule has 3 aliphatic carbocycles. The van der Waals surface area contributed by atoms with E-state index in [1.165, 1.54) is 51.9 Å². The van der Waals surface area contributed by atoms with Gasteiger partial charge in [-0.2, -0.15) is 5.10 Å². The molecule has 1 fully saturated rings. The van der Waals surface area contributed by atoms with Gasteiger partial charge in [-0.1, -0.05) is 19.9 Å². The van der Waals surface area contributed by atoms with Crippen LogP contribution in [0.4, 0.5) is 5.69 Å². The smallest absolute Gasteiger partial charge is 0.265 e. The zero-order valence-electron chi connectivity index (χ0n) is 24.4. The Morgan fingerprint density at radius 3 is 2.33 bits per heavy atom. The number of hydrogen-bond acceptors (Lipinski definition) is 11. The summed E-state index contributed by atoms with van der Waals surface area (Å²) in [6, 6.07) is 1.55. The predicted octanol–water partition coefficient (Wildman–Crippen LogP) is 0.885. The van der Waals surface area contributed by atoms with E-state index in [1.54, 1.807) is 6.92 Å². The first kappa shape index (κ1) is 30.3. The van der Waals surface area contributed by atoms with Crippen molar-refractivity contribution >= 4 is 38.9 Å². The van der Waals surface area contributed by atoms with E-state index in [0.717, 1.165) is 0 Å². The highest BCUT2D eigenvalue weighted by molar-refractivity contribution is 7.92. The van der Waals surface area contributed by atoms with Crippen molar-refractivity contribution in [3.8, 4) is 5.75 Å². The van der Waals surface area contributed by atoms with Gasteiger partial charge in [0.1, 0.15) is 22.0 Å². The third-order valence-electron chi connectivity index (χ3n) is 9.08. The molecule has 0 unspecified atom stereocenters. The number of benzene rings is 1. The van der Waals surface area contributed by atoms with Gasteiger partial charge >= 0.3 is 0 Å². The third-order valence-corrected chi connectivity index (χ3v) is 10.7. The number of phenolic OH excluding ortho intramolecular Hbond substituents is 1. The molecule has 1 aromatic heterocycles. The van der Waals surface area contributed by atoms with Crippen LogP contribution in [0.2, 0.25) is 0 Å². The van der Waals surface area contributed by atoms with E-state index in [1.807, 2.05) is 0 Å².